The van der Waals surface area contributed by atoms with Crippen molar-refractivity contribution in [3.63, 3.8) is 0 Å². The molecule has 2 aromatic rings. The summed E-state index contributed by atoms with van der Waals surface area (Å²) in [5.74, 6) is -1.84. The Kier molecular flexibility index (Phi) is 3.76. The van der Waals surface area contributed by atoms with E-state index < -0.39 is 11.6 Å². The van der Waals surface area contributed by atoms with E-state index in [0.717, 1.165) is 12.5 Å². The molecule has 4 nitrogen and oxygen atoms in total. The fourth-order valence-electron chi connectivity index (χ4n) is 1.63. The van der Waals surface area contributed by atoms with Gasteiger partial charge in [-0.3, -0.25) is 4.68 Å². The zero-order chi connectivity index (χ0) is 13.0. The first-order valence-corrected chi connectivity index (χ1v) is 5.63. The van der Waals surface area contributed by atoms with Gasteiger partial charge in [-0.1, -0.05) is 0 Å². The van der Waals surface area contributed by atoms with Crippen LogP contribution >= 0.6 is 0 Å². The average Bonchev–Trinajstić information content (AvgIpc) is 2.86. The Morgan fingerprint density at radius 3 is 2.89 bits per heavy atom. The number of halogens is 2. The quantitative estimate of drug-likeness (QED) is 0.634. The van der Waals surface area contributed by atoms with Crippen molar-refractivity contribution in [2.75, 3.05) is 17.6 Å². The molecule has 0 aliphatic carbocycles. The van der Waals surface area contributed by atoms with Crippen LogP contribution in [0.15, 0.2) is 30.6 Å². The number of hydrogen-bond acceptors (Lipinski definition) is 3. The summed E-state index contributed by atoms with van der Waals surface area (Å²) in [6.45, 7) is 1.20. The fraction of sp³-hybridized carbons (Fsp3) is 0.250. The van der Waals surface area contributed by atoms with Gasteiger partial charge in [0, 0.05) is 25.5 Å². The molecule has 3 N–H and O–H groups in total. The van der Waals surface area contributed by atoms with Crippen molar-refractivity contribution in [3.05, 3.63) is 42.2 Å². The number of benzene rings is 1. The molecule has 0 aliphatic rings. The van der Waals surface area contributed by atoms with Gasteiger partial charge in [0.2, 0.25) is 0 Å². The Morgan fingerprint density at radius 2 is 2.17 bits per heavy atom. The summed E-state index contributed by atoms with van der Waals surface area (Å²) in [6, 6.07) is 4.19. The summed E-state index contributed by atoms with van der Waals surface area (Å²) in [4.78, 5) is 0. The van der Waals surface area contributed by atoms with Gasteiger partial charge in [-0.2, -0.15) is 5.10 Å². The molecule has 0 radical (unpaired) electrons. The average molecular weight is 252 g/mol. The van der Waals surface area contributed by atoms with E-state index in [1.165, 1.54) is 6.07 Å². The molecule has 0 aliphatic heterocycles. The second kappa shape index (κ2) is 5.48. The van der Waals surface area contributed by atoms with Crippen LogP contribution in [0.25, 0.3) is 0 Å². The minimum Gasteiger partial charge on any atom is -0.397 e. The maximum atomic E-state index is 13.4. The highest BCUT2D eigenvalue weighted by molar-refractivity contribution is 5.66. The van der Waals surface area contributed by atoms with Gasteiger partial charge in [0.25, 0.3) is 0 Å². The third kappa shape index (κ3) is 2.77. The second-order valence-electron chi connectivity index (χ2n) is 3.88. The predicted molar refractivity (Wildman–Crippen MR) is 66.1 cm³/mol. The third-order valence-corrected chi connectivity index (χ3v) is 2.55. The molecule has 0 saturated heterocycles. The van der Waals surface area contributed by atoms with Crippen molar-refractivity contribution >= 4 is 11.4 Å². The Balaban J connectivity index is 1.88. The molecule has 96 valence electrons. The molecule has 1 aromatic carbocycles. The molecule has 0 saturated carbocycles. The topological polar surface area (TPSA) is 55.9 Å². The Bertz CT molecular complexity index is 511. The number of nitrogens with two attached hydrogens (primary N) is 1. The Hall–Kier alpha value is -2.11. The highest BCUT2D eigenvalue weighted by Crippen LogP contribution is 2.24. The van der Waals surface area contributed by atoms with Gasteiger partial charge in [0.05, 0.1) is 11.4 Å². The normalized spacial score (nSPS) is 10.6. The van der Waals surface area contributed by atoms with E-state index in [1.807, 2.05) is 12.3 Å². The number of nitrogens with one attached hydrogen (secondary N) is 1. The molecular formula is C12H14F2N4. The molecule has 0 spiro atoms. The van der Waals surface area contributed by atoms with Crippen LogP contribution in [0.5, 0.6) is 0 Å². The fourth-order valence-corrected chi connectivity index (χ4v) is 1.63. The van der Waals surface area contributed by atoms with Crippen molar-refractivity contribution < 1.29 is 8.78 Å². The standard InChI is InChI=1S/C12H14F2N4/c13-9-3-4-10(15)12(11(9)14)16-5-1-7-18-8-2-6-17-18/h2-4,6,8,16H,1,5,7,15H2. The second-order valence-corrected chi connectivity index (χ2v) is 3.88. The first-order chi connectivity index (χ1) is 8.68. The van der Waals surface area contributed by atoms with E-state index in [1.54, 1.807) is 10.9 Å². The minimum absolute atomic E-state index is 0.0236. The highest BCUT2D eigenvalue weighted by atomic mass is 19.2. The van der Waals surface area contributed by atoms with Gasteiger partial charge >= 0.3 is 0 Å². The molecule has 0 fully saturated rings. The first kappa shape index (κ1) is 12.3. The van der Waals surface area contributed by atoms with Crippen molar-refractivity contribution in [1.82, 2.24) is 9.78 Å². The van der Waals surface area contributed by atoms with Crippen LogP contribution in [0, 0.1) is 11.6 Å². The molecule has 6 heteroatoms. The van der Waals surface area contributed by atoms with Crippen molar-refractivity contribution in [3.8, 4) is 0 Å². The van der Waals surface area contributed by atoms with E-state index in [0.29, 0.717) is 13.1 Å². The van der Waals surface area contributed by atoms with Crippen LogP contribution in [-0.2, 0) is 6.54 Å². The number of nitrogen functional groups attached to an aromatic ring is 1. The summed E-state index contributed by atoms with van der Waals surface area (Å²) in [6.07, 6.45) is 4.27. The van der Waals surface area contributed by atoms with Crippen LogP contribution in [0.1, 0.15) is 6.42 Å². The van der Waals surface area contributed by atoms with Gasteiger partial charge in [0.15, 0.2) is 11.6 Å². The lowest BCUT2D eigenvalue weighted by molar-refractivity contribution is 0.510. The lowest BCUT2D eigenvalue weighted by atomic mass is 10.2. The first-order valence-electron chi connectivity index (χ1n) is 5.63. The summed E-state index contributed by atoms with van der Waals surface area (Å²) in [5, 5.41) is 6.84. The maximum Gasteiger partial charge on any atom is 0.183 e. The van der Waals surface area contributed by atoms with Crippen LogP contribution < -0.4 is 11.1 Å². The maximum absolute atomic E-state index is 13.4. The Labute approximate surface area is 103 Å². The number of aromatic nitrogens is 2. The molecule has 2 rings (SSSR count). The van der Waals surface area contributed by atoms with Crippen LogP contribution in [0.3, 0.4) is 0 Å². The summed E-state index contributed by atoms with van der Waals surface area (Å²) < 4.78 is 28.2. The number of hydrogen-bond donors (Lipinski definition) is 2. The van der Waals surface area contributed by atoms with E-state index in [9.17, 15) is 8.78 Å². The van der Waals surface area contributed by atoms with Crippen LogP contribution in [0.4, 0.5) is 20.2 Å². The number of anilines is 2. The third-order valence-electron chi connectivity index (χ3n) is 2.55. The molecule has 1 aromatic heterocycles. The number of nitrogens with zero attached hydrogens (tertiary/aromatic N) is 2. The monoisotopic (exact) mass is 252 g/mol. The minimum atomic E-state index is -0.936. The molecule has 18 heavy (non-hydrogen) atoms. The molecule has 0 amide bonds. The van der Waals surface area contributed by atoms with Gasteiger partial charge in [0.1, 0.15) is 0 Å². The molecule has 0 bridgehead atoms. The van der Waals surface area contributed by atoms with E-state index in [-0.39, 0.29) is 11.4 Å². The summed E-state index contributed by atoms with van der Waals surface area (Å²) in [5.41, 5.74) is 5.81. The van der Waals surface area contributed by atoms with E-state index in [4.69, 9.17) is 5.73 Å². The van der Waals surface area contributed by atoms with Crippen molar-refractivity contribution in [1.29, 1.82) is 0 Å². The zero-order valence-corrected chi connectivity index (χ0v) is 9.74. The summed E-state index contributed by atoms with van der Waals surface area (Å²) >= 11 is 0. The Morgan fingerprint density at radius 1 is 1.33 bits per heavy atom. The molecular weight excluding hydrogens is 238 g/mol. The van der Waals surface area contributed by atoms with Gasteiger partial charge in [-0.25, -0.2) is 8.78 Å². The van der Waals surface area contributed by atoms with E-state index >= 15 is 0 Å². The molecule has 1 heterocycles. The molecule has 0 atom stereocenters. The van der Waals surface area contributed by atoms with E-state index in [2.05, 4.69) is 10.4 Å². The lowest BCUT2D eigenvalue weighted by Crippen LogP contribution is -2.10. The van der Waals surface area contributed by atoms with Crippen molar-refractivity contribution in [2.45, 2.75) is 13.0 Å². The van der Waals surface area contributed by atoms with Crippen molar-refractivity contribution in [2.24, 2.45) is 0 Å². The van der Waals surface area contributed by atoms with Gasteiger partial charge in [-0.15, -0.1) is 0 Å². The highest BCUT2D eigenvalue weighted by Gasteiger charge is 2.10. The van der Waals surface area contributed by atoms with Crippen LogP contribution in [0.2, 0.25) is 0 Å². The largest absolute Gasteiger partial charge is 0.397 e. The summed E-state index contributed by atoms with van der Waals surface area (Å²) in [7, 11) is 0. The molecule has 0 unspecified atom stereocenters. The predicted octanol–water partition coefficient (Wildman–Crippen LogP) is 2.25. The van der Waals surface area contributed by atoms with Crippen LogP contribution in [-0.4, -0.2) is 16.3 Å². The van der Waals surface area contributed by atoms with Gasteiger partial charge in [-0.05, 0) is 24.6 Å². The number of aryl methyl sites for hydroxylation is 1. The smallest absolute Gasteiger partial charge is 0.183 e. The SMILES string of the molecule is Nc1ccc(F)c(F)c1NCCCn1cccn1. The lowest BCUT2D eigenvalue weighted by Gasteiger charge is -2.10. The number of rotatable bonds is 5. The zero-order valence-electron chi connectivity index (χ0n) is 9.74. The van der Waals surface area contributed by atoms with Gasteiger partial charge < -0.3 is 11.1 Å².